The highest BCUT2D eigenvalue weighted by Crippen LogP contribution is 2.26. The average Bonchev–Trinajstić information content (AvgIpc) is 2.52. The minimum Gasteiger partial charge on any atom is -0.496 e. The van der Waals surface area contributed by atoms with Crippen LogP contribution in [0, 0.1) is 6.92 Å². The van der Waals surface area contributed by atoms with Gasteiger partial charge in [-0.1, -0.05) is 51.1 Å². The molecule has 0 spiro atoms. The maximum Gasteiger partial charge on any atom is 0.336 e. The Hall–Kier alpha value is -2.55. The van der Waals surface area contributed by atoms with E-state index < -0.39 is 5.97 Å². The van der Waals surface area contributed by atoms with E-state index in [4.69, 9.17) is 4.74 Å². The van der Waals surface area contributed by atoms with Crippen LogP contribution in [-0.4, -0.2) is 18.2 Å². The van der Waals surface area contributed by atoms with Crippen LogP contribution in [-0.2, 0) is 10.2 Å². The van der Waals surface area contributed by atoms with Crippen LogP contribution in [0.5, 0.6) is 5.75 Å². The number of ether oxygens (including phenoxy) is 1. The summed E-state index contributed by atoms with van der Waals surface area (Å²) in [5.74, 6) is -0.197. The van der Waals surface area contributed by atoms with E-state index in [2.05, 4.69) is 20.8 Å². The molecule has 0 amide bonds. The summed E-state index contributed by atoms with van der Waals surface area (Å²) >= 11 is 0. The Morgan fingerprint density at radius 1 is 1.08 bits per heavy atom. The van der Waals surface area contributed by atoms with Crippen molar-refractivity contribution in [1.82, 2.24) is 0 Å². The fraction of sp³-hybridized carbons (Fsp3) is 0.286. The van der Waals surface area contributed by atoms with Gasteiger partial charge < -0.3 is 9.84 Å². The van der Waals surface area contributed by atoms with Crippen LogP contribution in [0.25, 0.3) is 11.6 Å². The number of hydrogen-bond acceptors (Lipinski definition) is 2. The SMILES string of the molecule is COc1ccc(/C(=C/c2ccc(C(C)(C)C)cc2)C(=O)O)cc1C. The standard InChI is InChI=1S/C21H24O3/c1-14-12-16(8-11-19(14)24-5)18(20(22)23)13-15-6-9-17(10-7-15)21(2,3)4/h6-13H,1-5H3,(H,22,23)/b18-13-. The molecule has 3 heteroatoms. The Bertz CT molecular complexity index is 763. The van der Waals surface area contributed by atoms with E-state index >= 15 is 0 Å². The number of hydrogen-bond donors (Lipinski definition) is 1. The summed E-state index contributed by atoms with van der Waals surface area (Å²) in [7, 11) is 1.60. The summed E-state index contributed by atoms with van der Waals surface area (Å²) < 4.78 is 5.24. The Labute approximate surface area is 143 Å². The molecule has 2 aromatic rings. The third-order valence-corrected chi connectivity index (χ3v) is 4.02. The number of carboxylic acid groups (broad SMARTS) is 1. The summed E-state index contributed by atoms with van der Waals surface area (Å²) in [6.45, 7) is 8.36. The fourth-order valence-electron chi connectivity index (χ4n) is 2.56. The maximum atomic E-state index is 11.7. The van der Waals surface area contributed by atoms with Crippen molar-refractivity contribution >= 4 is 17.6 Å². The monoisotopic (exact) mass is 324 g/mol. The highest BCUT2D eigenvalue weighted by Gasteiger charge is 2.14. The number of aryl methyl sites for hydroxylation is 1. The molecule has 24 heavy (non-hydrogen) atoms. The first-order chi connectivity index (χ1) is 11.2. The summed E-state index contributed by atoms with van der Waals surface area (Å²) in [5, 5.41) is 9.59. The van der Waals surface area contributed by atoms with Crippen molar-refractivity contribution in [3.05, 3.63) is 64.7 Å². The number of benzene rings is 2. The van der Waals surface area contributed by atoms with Crippen molar-refractivity contribution in [1.29, 1.82) is 0 Å². The molecule has 0 unspecified atom stereocenters. The highest BCUT2D eigenvalue weighted by molar-refractivity contribution is 6.20. The van der Waals surface area contributed by atoms with Crippen LogP contribution >= 0.6 is 0 Å². The minimum atomic E-state index is -0.945. The first-order valence-electron chi connectivity index (χ1n) is 7.93. The Morgan fingerprint density at radius 3 is 2.17 bits per heavy atom. The van der Waals surface area contributed by atoms with E-state index in [9.17, 15) is 9.90 Å². The first kappa shape index (κ1) is 17.8. The second-order valence-electron chi connectivity index (χ2n) is 6.92. The lowest BCUT2D eigenvalue weighted by atomic mass is 9.86. The number of carboxylic acids is 1. The molecule has 0 radical (unpaired) electrons. The zero-order valence-electron chi connectivity index (χ0n) is 14.9. The Morgan fingerprint density at radius 2 is 1.71 bits per heavy atom. The molecule has 0 atom stereocenters. The van der Waals surface area contributed by atoms with E-state index in [0.29, 0.717) is 5.56 Å². The van der Waals surface area contributed by atoms with Gasteiger partial charge in [0.15, 0.2) is 0 Å². The average molecular weight is 324 g/mol. The molecular formula is C21H24O3. The van der Waals surface area contributed by atoms with Gasteiger partial charge >= 0.3 is 5.97 Å². The van der Waals surface area contributed by atoms with Gasteiger partial charge in [0.2, 0.25) is 0 Å². The lowest BCUT2D eigenvalue weighted by molar-refractivity contribution is -0.130. The van der Waals surface area contributed by atoms with Gasteiger partial charge in [0.1, 0.15) is 5.75 Å². The van der Waals surface area contributed by atoms with Crippen molar-refractivity contribution in [3.8, 4) is 5.75 Å². The molecule has 0 saturated carbocycles. The molecule has 0 saturated heterocycles. The third-order valence-electron chi connectivity index (χ3n) is 4.02. The maximum absolute atomic E-state index is 11.7. The van der Waals surface area contributed by atoms with Crippen LogP contribution in [0.4, 0.5) is 0 Å². The molecule has 126 valence electrons. The molecule has 0 heterocycles. The predicted octanol–water partition coefficient (Wildman–Crippen LogP) is 4.93. The van der Waals surface area contributed by atoms with Gasteiger partial charge in [0.05, 0.1) is 12.7 Å². The van der Waals surface area contributed by atoms with E-state index in [1.807, 2.05) is 37.3 Å². The zero-order valence-corrected chi connectivity index (χ0v) is 14.9. The fourth-order valence-corrected chi connectivity index (χ4v) is 2.56. The molecule has 0 aliphatic carbocycles. The summed E-state index contributed by atoms with van der Waals surface area (Å²) in [5.41, 5.74) is 4.01. The second-order valence-corrected chi connectivity index (χ2v) is 6.92. The topological polar surface area (TPSA) is 46.5 Å². The van der Waals surface area contributed by atoms with E-state index in [1.54, 1.807) is 25.3 Å². The molecule has 1 N–H and O–H groups in total. The number of aliphatic carboxylic acids is 1. The van der Waals surface area contributed by atoms with E-state index in [1.165, 1.54) is 5.56 Å². The van der Waals surface area contributed by atoms with Crippen molar-refractivity contribution in [2.24, 2.45) is 0 Å². The van der Waals surface area contributed by atoms with Crippen LogP contribution in [0.15, 0.2) is 42.5 Å². The van der Waals surface area contributed by atoms with Gasteiger partial charge in [-0.15, -0.1) is 0 Å². The van der Waals surface area contributed by atoms with Gasteiger partial charge in [-0.2, -0.15) is 0 Å². The molecule has 0 aromatic heterocycles. The Balaban J connectivity index is 2.42. The van der Waals surface area contributed by atoms with Gasteiger partial charge in [-0.05, 0) is 52.8 Å². The third kappa shape index (κ3) is 4.05. The lowest BCUT2D eigenvalue weighted by Gasteiger charge is -2.18. The number of methoxy groups -OCH3 is 1. The van der Waals surface area contributed by atoms with Crippen molar-refractivity contribution in [2.75, 3.05) is 7.11 Å². The molecule has 3 nitrogen and oxygen atoms in total. The normalized spacial score (nSPS) is 12.1. The number of rotatable bonds is 4. The van der Waals surface area contributed by atoms with Gasteiger partial charge in [-0.25, -0.2) is 4.79 Å². The highest BCUT2D eigenvalue weighted by atomic mass is 16.5. The van der Waals surface area contributed by atoms with Gasteiger partial charge in [0, 0.05) is 0 Å². The summed E-state index contributed by atoms with van der Waals surface area (Å²) in [6.07, 6.45) is 1.70. The van der Waals surface area contributed by atoms with Crippen LogP contribution in [0.1, 0.15) is 43.0 Å². The zero-order chi connectivity index (χ0) is 17.9. The van der Waals surface area contributed by atoms with Crippen molar-refractivity contribution in [2.45, 2.75) is 33.1 Å². The van der Waals surface area contributed by atoms with Crippen molar-refractivity contribution in [3.63, 3.8) is 0 Å². The quantitative estimate of drug-likeness (QED) is 0.641. The van der Waals surface area contributed by atoms with Gasteiger partial charge in [-0.3, -0.25) is 0 Å². The molecule has 0 fully saturated rings. The first-order valence-corrected chi connectivity index (χ1v) is 7.93. The largest absolute Gasteiger partial charge is 0.496 e. The smallest absolute Gasteiger partial charge is 0.336 e. The summed E-state index contributed by atoms with van der Waals surface area (Å²) in [4.78, 5) is 11.7. The second kappa shape index (κ2) is 6.91. The lowest BCUT2D eigenvalue weighted by Crippen LogP contribution is -2.10. The van der Waals surface area contributed by atoms with E-state index in [-0.39, 0.29) is 11.0 Å². The van der Waals surface area contributed by atoms with Crippen LogP contribution in [0.2, 0.25) is 0 Å². The van der Waals surface area contributed by atoms with Crippen LogP contribution < -0.4 is 4.74 Å². The minimum absolute atomic E-state index is 0.0744. The van der Waals surface area contributed by atoms with Gasteiger partial charge in [0.25, 0.3) is 0 Å². The predicted molar refractivity (Wildman–Crippen MR) is 98.4 cm³/mol. The molecule has 0 aliphatic heterocycles. The molecule has 2 rings (SSSR count). The number of carbonyl (C=O) groups is 1. The molecular weight excluding hydrogens is 300 g/mol. The van der Waals surface area contributed by atoms with E-state index in [0.717, 1.165) is 16.9 Å². The Kier molecular flexibility index (Phi) is 5.13. The van der Waals surface area contributed by atoms with Crippen molar-refractivity contribution < 1.29 is 14.6 Å². The summed E-state index contributed by atoms with van der Waals surface area (Å²) in [6, 6.07) is 13.4. The molecule has 0 aliphatic rings. The van der Waals surface area contributed by atoms with Crippen LogP contribution in [0.3, 0.4) is 0 Å². The molecule has 2 aromatic carbocycles. The molecule has 0 bridgehead atoms.